The highest BCUT2D eigenvalue weighted by molar-refractivity contribution is 5.70. The lowest BCUT2D eigenvalue weighted by Gasteiger charge is -2.47. The van der Waals surface area contributed by atoms with Crippen molar-refractivity contribution in [2.45, 2.75) is 37.8 Å². The lowest BCUT2D eigenvalue weighted by atomic mass is 9.74. The number of hydrogen-bond acceptors (Lipinski definition) is 3. The van der Waals surface area contributed by atoms with Gasteiger partial charge in [-0.25, -0.2) is 8.78 Å². The smallest absolute Gasteiger partial charge is 0.306 e. The Kier molecular flexibility index (Phi) is 3.36. The second-order valence-electron chi connectivity index (χ2n) is 4.82. The van der Waals surface area contributed by atoms with Gasteiger partial charge in [0.2, 0.25) is 0 Å². The zero-order valence-electron chi connectivity index (χ0n) is 9.66. The van der Waals surface area contributed by atoms with Gasteiger partial charge < -0.3 is 15.2 Å². The maximum Gasteiger partial charge on any atom is 0.306 e. The summed E-state index contributed by atoms with van der Waals surface area (Å²) in [6.07, 6.45) is 0.393. The summed E-state index contributed by atoms with van der Waals surface area (Å²) in [5, 5.41) is 11.9. The van der Waals surface area contributed by atoms with Crippen LogP contribution in [-0.2, 0) is 9.53 Å². The minimum atomic E-state index is -3.02. The van der Waals surface area contributed by atoms with Gasteiger partial charge in [0.1, 0.15) is 0 Å². The fourth-order valence-corrected chi connectivity index (χ4v) is 2.85. The lowest BCUT2D eigenvalue weighted by molar-refractivity contribution is -0.185. The number of carbonyl (C=O) groups is 1. The zero-order chi connectivity index (χ0) is 12.6. The van der Waals surface area contributed by atoms with E-state index in [-0.39, 0.29) is 25.5 Å². The molecule has 2 aliphatic heterocycles. The van der Waals surface area contributed by atoms with Crippen LogP contribution in [0.1, 0.15) is 19.8 Å². The van der Waals surface area contributed by atoms with Gasteiger partial charge in [-0.1, -0.05) is 6.92 Å². The number of alkyl halides is 2. The molecule has 2 rings (SSSR count). The van der Waals surface area contributed by atoms with Crippen LogP contribution in [0.4, 0.5) is 8.78 Å². The first-order valence-corrected chi connectivity index (χ1v) is 5.91. The predicted octanol–water partition coefficient (Wildman–Crippen LogP) is 1.11. The Hall–Kier alpha value is -0.750. The van der Waals surface area contributed by atoms with Gasteiger partial charge >= 0.3 is 5.97 Å². The Morgan fingerprint density at radius 2 is 2.29 bits per heavy atom. The highest BCUT2D eigenvalue weighted by atomic mass is 19.3. The first-order chi connectivity index (χ1) is 7.96. The third kappa shape index (κ3) is 2.15. The minimum absolute atomic E-state index is 0.0456. The number of ether oxygens (including phenoxy) is 1. The van der Waals surface area contributed by atoms with E-state index in [0.29, 0.717) is 6.61 Å². The summed E-state index contributed by atoms with van der Waals surface area (Å²) >= 11 is 0. The average molecular weight is 249 g/mol. The second-order valence-corrected chi connectivity index (χ2v) is 4.82. The first kappa shape index (κ1) is 12.7. The Bertz CT molecular complexity index is 311. The van der Waals surface area contributed by atoms with Gasteiger partial charge in [-0.15, -0.1) is 0 Å². The molecule has 2 N–H and O–H groups in total. The van der Waals surface area contributed by atoms with Crippen molar-refractivity contribution in [1.29, 1.82) is 0 Å². The molecule has 4 unspecified atom stereocenters. The van der Waals surface area contributed by atoms with E-state index in [2.05, 4.69) is 5.32 Å². The summed E-state index contributed by atoms with van der Waals surface area (Å²) in [4.78, 5) is 11.1. The van der Waals surface area contributed by atoms with E-state index in [9.17, 15) is 13.6 Å². The summed E-state index contributed by atoms with van der Waals surface area (Å²) in [6.45, 7) is 1.98. The van der Waals surface area contributed by atoms with Crippen LogP contribution in [0.5, 0.6) is 0 Å². The van der Waals surface area contributed by atoms with E-state index >= 15 is 0 Å². The second kappa shape index (κ2) is 4.49. The van der Waals surface area contributed by atoms with Crippen LogP contribution in [0.15, 0.2) is 0 Å². The van der Waals surface area contributed by atoms with Gasteiger partial charge in [0.15, 0.2) is 0 Å². The largest absolute Gasteiger partial charge is 0.481 e. The number of morpholine rings is 1. The van der Waals surface area contributed by atoms with E-state index in [0.717, 1.165) is 0 Å². The number of hydrogen-bond donors (Lipinski definition) is 2. The molecule has 2 bridgehead atoms. The van der Waals surface area contributed by atoms with Gasteiger partial charge in [-0.2, -0.15) is 0 Å². The Morgan fingerprint density at radius 1 is 1.59 bits per heavy atom. The maximum absolute atomic E-state index is 14.1. The van der Waals surface area contributed by atoms with Crippen LogP contribution in [0.2, 0.25) is 0 Å². The number of halogens is 2. The normalized spacial score (nSPS) is 37.5. The molecule has 4 atom stereocenters. The number of piperidine rings is 1. The fraction of sp³-hybridized carbons (Fsp3) is 0.909. The molecule has 0 aromatic rings. The van der Waals surface area contributed by atoms with Crippen molar-refractivity contribution in [3.8, 4) is 0 Å². The number of carboxylic acids is 1. The number of aliphatic carboxylic acids is 1. The van der Waals surface area contributed by atoms with E-state index in [1.54, 1.807) is 6.92 Å². The molecule has 0 aliphatic carbocycles. The van der Waals surface area contributed by atoms with Crippen molar-refractivity contribution < 1.29 is 23.4 Å². The molecule has 0 aromatic heterocycles. The minimum Gasteiger partial charge on any atom is -0.481 e. The van der Waals surface area contributed by atoms with Crippen LogP contribution < -0.4 is 5.32 Å². The number of fused-ring (bicyclic) bond motifs is 2. The predicted molar refractivity (Wildman–Crippen MR) is 56.0 cm³/mol. The summed E-state index contributed by atoms with van der Waals surface area (Å²) in [5.74, 6) is -6.21. The van der Waals surface area contributed by atoms with Gasteiger partial charge in [0.05, 0.1) is 25.2 Å². The summed E-state index contributed by atoms with van der Waals surface area (Å²) in [5.41, 5.74) is 0. The molecule has 2 heterocycles. The monoisotopic (exact) mass is 249 g/mol. The van der Waals surface area contributed by atoms with Crippen molar-refractivity contribution in [2.24, 2.45) is 11.8 Å². The van der Waals surface area contributed by atoms with E-state index in [1.807, 2.05) is 0 Å². The molecule has 4 nitrogen and oxygen atoms in total. The molecule has 2 fully saturated rings. The number of rotatable bonds is 3. The number of nitrogens with one attached hydrogen (secondary N) is 1. The highest BCUT2D eigenvalue weighted by Crippen LogP contribution is 2.43. The average Bonchev–Trinajstić information content (AvgIpc) is 2.27. The molecular weight excluding hydrogens is 232 g/mol. The van der Waals surface area contributed by atoms with E-state index in [1.165, 1.54) is 0 Å². The van der Waals surface area contributed by atoms with Crippen molar-refractivity contribution in [1.82, 2.24) is 5.32 Å². The molecular formula is C11H17F2NO3. The van der Waals surface area contributed by atoms with Gasteiger partial charge in [0.25, 0.3) is 5.92 Å². The molecule has 98 valence electrons. The van der Waals surface area contributed by atoms with E-state index in [4.69, 9.17) is 9.84 Å². The van der Waals surface area contributed by atoms with Crippen molar-refractivity contribution in [3.63, 3.8) is 0 Å². The van der Waals surface area contributed by atoms with Crippen molar-refractivity contribution in [2.75, 3.05) is 13.2 Å². The summed E-state index contributed by atoms with van der Waals surface area (Å²) in [7, 11) is 0. The topological polar surface area (TPSA) is 58.6 Å². The molecule has 2 aliphatic rings. The molecule has 0 amide bonds. The quantitative estimate of drug-likeness (QED) is 0.786. The van der Waals surface area contributed by atoms with Crippen LogP contribution in [0, 0.1) is 11.8 Å². The third-order valence-corrected chi connectivity index (χ3v) is 3.78. The Balaban J connectivity index is 2.23. The molecule has 2 saturated heterocycles. The number of carboxylic acid groups (broad SMARTS) is 1. The third-order valence-electron chi connectivity index (χ3n) is 3.78. The molecule has 6 heteroatoms. The molecule has 0 aromatic carbocycles. The highest BCUT2D eigenvalue weighted by Gasteiger charge is 2.56. The molecule has 0 radical (unpaired) electrons. The SMILES string of the molecule is CCC(C(=O)O)C1CC2COCC(N2)C1(F)F. The van der Waals surface area contributed by atoms with Gasteiger partial charge in [-0.3, -0.25) is 4.79 Å². The van der Waals surface area contributed by atoms with Crippen LogP contribution in [0.25, 0.3) is 0 Å². The van der Waals surface area contributed by atoms with Gasteiger partial charge in [-0.05, 0) is 12.8 Å². The van der Waals surface area contributed by atoms with Crippen LogP contribution >= 0.6 is 0 Å². The van der Waals surface area contributed by atoms with Crippen LogP contribution in [0.3, 0.4) is 0 Å². The Morgan fingerprint density at radius 3 is 2.88 bits per heavy atom. The molecule has 17 heavy (non-hydrogen) atoms. The van der Waals surface area contributed by atoms with Gasteiger partial charge in [0, 0.05) is 12.0 Å². The van der Waals surface area contributed by atoms with Crippen molar-refractivity contribution >= 4 is 5.97 Å². The molecule has 0 spiro atoms. The summed E-state index contributed by atoms with van der Waals surface area (Å²) < 4.78 is 33.4. The molecule has 0 saturated carbocycles. The summed E-state index contributed by atoms with van der Waals surface area (Å²) in [6, 6.07) is -1.19. The van der Waals surface area contributed by atoms with E-state index < -0.39 is 29.8 Å². The van der Waals surface area contributed by atoms with Crippen molar-refractivity contribution in [3.05, 3.63) is 0 Å². The van der Waals surface area contributed by atoms with Crippen LogP contribution in [-0.4, -0.2) is 42.3 Å². The fourth-order valence-electron chi connectivity index (χ4n) is 2.85. The Labute approximate surface area is 98.3 Å². The zero-order valence-corrected chi connectivity index (χ0v) is 9.66. The maximum atomic E-state index is 14.1. The first-order valence-electron chi connectivity index (χ1n) is 5.91. The lowest BCUT2D eigenvalue weighted by Crippen LogP contribution is -2.66. The standard InChI is InChI=1S/C11H17F2NO3/c1-2-7(10(15)16)8-3-6-4-17-5-9(14-6)11(8,12)13/h6-9,14H,2-5H2,1H3,(H,15,16).